The van der Waals surface area contributed by atoms with Gasteiger partial charge in [-0.1, -0.05) is 0 Å². The Labute approximate surface area is 140 Å². The smallest absolute Gasteiger partial charge is 0.250 e. The third kappa shape index (κ3) is 3.45. The van der Waals surface area contributed by atoms with E-state index in [-0.39, 0.29) is 5.91 Å². The molecular weight excluding hydrogens is 310 g/mol. The van der Waals surface area contributed by atoms with Crippen LogP contribution < -0.4 is 0 Å². The predicted octanol–water partition coefficient (Wildman–Crippen LogP) is 1.73. The van der Waals surface area contributed by atoms with Gasteiger partial charge in [-0.3, -0.25) is 14.4 Å². The second-order valence-electron chi connectivity index (χ2n) is 6.44. The summed E-state index contributed by atoms with van der Waals surface area (Å²) >= 11 is 1.69. The van der Waals surface area contributed by atoms with E-state index in [4.69, 9.17) is 0 Å². The van der Waals surface area contributed by atoms with Crippen molar-refractivity contribution < 1.29 is 4.79 Å². The number of amides is 1. The van der Waals surface area contributed by atoms with Crippen molar-refractivity contribution in [2.45, 2.75) is 32.9 Å². The summed E-state index contributed by atoms with van der Waals surface area (Å²) in [4.78, 5) is 21.6. The first-order valence-electron chi connectivity index (χ1n) is 7.89. The van der Waals surface area contributed by atoms with Gasteiger partial charge in [0, 0.05) is 50.5 Å². The SMILES string of the molecule is Cc1nc(CN2CCN(C(=O)C(C)(C)n3cccn3)CC2)cs1. The lowest BCUT2D eigenvalue weighted by atomic mass is 10.0. The van der Waals surface area contributed by atoms with Crippen LogP contribution in [0.5, 0.6) is 0 Å². The van der Waals surface area contributed by atoms with Gasteiger partial charge in [0.25, 0.3) is 0 Å². The van der Waals surface area contributed by atoms with E-state index in [1.165, 1.54) is 0 Å². The quantitative estimate of drug-likeness (QED) is 0.855. The highest BCUT2D eigenvalue weighted by molar-refractivity contribution is 7.09. The summed E-state index contributed by atoms with van der Waals surface area (Å²) in [5.74, 6) is 0.130. The van der Waals surface area contributed by atoms with E-state index in [9.17, 15) is 4.79 Å². The van der Waals surface area contributed by atoms with Crippen LogP contribution in [0.3, 0.4) is 0 Å². The lowest BCUT2D eigenvalue weighted by Crippen LogP contribution is -2.54. The number of rotatable bonds is 4. The molecule has 0 bridgehead atoms. The fraction of sp³-hybridized carbons (Fsp3) is 0.562. The highest BCUT2D eigenvalue weighted by Crippen LogP contribution is 2.19. The van der Waals surface area contributed by atoms with Gasteiger partial charge in [-0.2, -0.15) is 5.10 Å². The van der Waals surface area contributed by atoms with Crippen molar-refractivity contribution in [3.05, 3.63) is 34.5 Å². The molecule has 1 aliphatic rings. The van der Waals surface area contributed by atoms with Crippen LogP contribution in [0.25, 0.3) is 0 Å². The number of hydrogen-bond acceptors (Lipinski definition) is 5. The number of nitrogens with zero attached hydrogens (tertiary/aromatic N) is 5. The van der Waals surface area contributed by atoms with Crippen LogP contribution in [0.15, 0.2) is 23.8 Å². The normalized spacial score (nSPS) is 16.7. The first-order chi connectivity index (χ1) is 11.0. The standard InChI is InChI=1S/C16H23N5OS/c1-13-18-14(12-23-13)11-19-7-9-20(10-8-19)15(22)16(2,3)21-6-4-5-17-21/h4-6,12H,7-11H2,1-3H3. The Morgan fingerprint density at radius 1 is 1.30 bits per heavy atom. The van der Waals surface area contributed by atoms with Gasteiger partial charge in [-0.25, -0.2) is 4.98 Å². The van der Waals surface area contributed by atoms with Crippen LogP contribution in [0.4, 0.5) is 0 Å². The van der Waals surface area contributed by atoms with E-state index in [0.29, 0.717) is 0 Å². The van der Waals surface area contributed by atoms with Crippen LogP contribution >= 0.6 is 11.3 Å². The largest absolute Gasteiger partial charge is 0.338 e. The fourth-order valence-corrected chi connectivity index (χ4v) is 3.51. The van der Waals surface area contributed by atoms with Crippen LogP contribution in [-0.2, 0) is 16.9 Å². The molecule has 1 fully saturated rings. The highest BCUT2D eigenvalue weighted by Gasteiger charge is 2.35. The van der Waals surface area contributed by atoms with Crippen molar-refractivity contribution in [1.82, 2.24) is 24.6 Å². The van der Waals surface area contributed by atoms with Gasteiger partial charge in [0.2, 0.25) is 5.91 Å². The average molecular weight is 333 g/mol. The predicted molar refractivity (Wildman–Crippen MR) is 90.3 cm³/mol. The van der Waals surface area contributed by atoms with E-state index in [2.05, 4.69) is 20.4 Å². The minimum Gasteiger partial charge on any atom is -0.338 e. The molecule has 0 spiro atoms. The molecule has 1 amide bonds. The number of piperazine rings is 1. The van der Waals surface area contributed by atoms with Crippen LogP contribution in [0.2, 0.25) is 0 Å². The molecule has 3 rings (SSSR count). The topological polar surface area (TPSA) is 54.3 Å². The molecule has 1 aliphatic heterocycles. The summed E-state index contributed by atoms with van der Waals surface area (Å²) in [6.45, 7) is 10.0. The molecule has 0 atom stereocenters. The number of aromatic nitrogens is 3. The molecule has 2 aromatic rings. The summed E-state index contributed by atoms with van der Waals surface area (Å²) in [6.07, 6.45) is 3.56. The van der Waals surface area contributed by atoms with Crippen molar-refractivity contribution in [1.29, 1.82) is 0 Å². The zero-order chi connectivity index (χ0) is 16.4. The van der Waals surface area contributed by atoms with Gasteiger partial charge < -0.3 is 4.90 Å². The van der Waals surface area contributed by atoms with E-state index in [1.54, 1.807) is 22.2 Å². The molecule has 23 heavy (non-hydrogen) atoms. The number of aryl methyl sites for hydroxylation is 1. The Morgan fingerprint density at radius 2 is 2.04 bits per heavy atom. The molecule has 7 heteroatoms. The molecule has 0 radical (unpaired) electrons. The van der Waals surface area contributed by atoms with Crippen molar-refractivity contribution in [2.75, 3.05) is 26.2 Å². The molecule has 3 heterocycles. The summed E-state index contributed by atoms with van der Waals surface area (Å²) < 4.78 is 1.74. The van der Waals surface area contributed by atoms with Gasteiger partial charge in [-0.15, -0.1) is 11.3 Å². The van der Waals surface area contributed by atoms with Crippen LogP contribution in [-0.4, -0.2) is 56.7 Å². The van der Waals surface area contributed by atoms with Crippen LogP contribution in [0.1, 0.15) is 24.5 Å². The first-order valence-corrected chi connectivity index (χ1v) is 8.77. The molecular formula is C16H23N5OS. The molecule has 1 saturated heterocycles. The summed E-state index contributed by atoms with van der Waals surface area (Å²) in [5.41, 5.74) is 0.488. The molecule has 0 unspecified atom stereocenters. The second-order valence-corrected chi connectivity index (χ2v) is 7.50. The van der Waals surface area contributed by atoms with Gasteiger partial charge in [0.1, 0.15) is 5.54 Å². The number of thiazole rings is 1. The molecule has 0 N–H and O–H groups in total. The summed E-state index contributed by atoms with van der Waals surface area (Å²) in [5, 5.41) is 7.45. The highest BCUT2D eigenvalue weighted by atomic mass is 32.1. The van der Waals surface area contributed by atoms with E-state index >= 15 is 0 Å². The van der Waals surface area contributed by atoms with Gasteiger partial charge in [-0.05, 0) is 26.8 Å². The maximum Gasteiger partial charge on any atom is 0.250 e. The monoisotopic (exact) mass is 333 g/mol. The Balaban J connectivity index is 1.57. The molecule has 124 valence electrons. The number of carbonyl (C=O) groups is 1. The van der Waals surface area contributed by atoms with Crippen molar-refractivity contribution in [2.24, 2.45) is 0 Å². The van der Waals surface area contributed by atoms with E-state index in [1.807, 2.05) is 37.9 Å². The maximum atomic E-state index is 12.8. The Kier molecular flexibility index (Phi) is 4.50. The molecule has 0 aromatic carbocycles. The van der Waals surface area contributed by atoms with Gasteiger partial charge >= 0.3 is 0 Å². The summed E-state index contributed by atoms with van der Waals surface area (Å²) in [7, 11) is 0. The molecule has 0 saturated carbocycles. The van der Waals surface area contributed by atoms with Crippen LogP contribution in [0, 0.1) is 6.92 Å². The lowest BCUT2D eigenvalue weighted by molar-refractivity contribution is -0.141. The Bertz CT molecular complexity index is 656. The molecule has 6 nitrogen and oxygen atoms in total. The van der Waals surface area contributed by atoms with Crippen molar-refractivity contribution >= 4 is 17.2 Å². The Morgan fingerprint density at radius 3 is 2.61 bits per heavy atom. The Hall–Kier alpha value is -1.73. The molecule has 2 aromatic heterocycles. The van der Waals surface area contributed by atoms with Crippen molar-refractivity contribution in [3.63, 3.8) is 0 Å². The first kappa shape index (κ1) is 16.1. The maximum absolute atomic E-state index is 12.8. The summed E-state index contributed by atoms with van der Waals surface area (Å²) in [6, 6.07) is 1.85. The van der Waals surface area contributed by atoms with Crippen molar-refractivity contribution in [3.8, 4) is 0 Å². The molecule has 0 aliphatic carbocycles. The average Bonchev–Trinajstić information content (AvgIpc) is 3.19. The van der Waals surface area contributed by atoms with Gasteiger partial charge in [0.15, 0.2) is 0 Å². The number of carbonyl (C=O) groups excluding carboxylic acids is 1. The number of hydrogen-bond donors (Lipinski definition) is 0. The minimum absolute atomic E-state index is 0.130. The van der Waals surface area contributed by atoms with Gasteiger partial charge in [0.05, 0.1) is 10.7 Å². The second kappa shape index (κ2) is 6.41. The van der Waals surface area contributed by atoms with E-state index in [0.717, 1.165) is 43.4 Å². The third-order valence-corrected chi connectivity index (χ3v) is 5.13. The zero-order valence-electron chi connectivity index (χ0n) is 13.9. The van der Waals surface area contributed by atoms with E-state index < -0.39 is 5.54 Å². The minimum atomic E-state index is -0.641. The zero-order valence-corrected chi connectivity index (χ0v) is 14.7. The lowest BCUT2D eigenvalue weighted by Gasteiger charge is -2.38. The third-order valence-electron chi connectivity index (χ3n) is 4.31. The fourth-order valence-electron chi connectivity index (χ4n) is 2.90.